The molecule has 3 aromatic rings. The van der Waals surface area contributed by atoms with Gasteiger partial charge in [-0.05, 0) is 36.8 Å². The lowest BCUT2D eigenvalue weighted by atomic mass is 9.83. The zero-order chi connectivity index (χ0) is 22.3. The first-order chi connectivity index (χ1) is 15.5. The first kappa shape index (κ1) is 20.4. The Labute approximate surface area is 186 Å². The molecule has 8 heteroatoms. The van der Waals surface area contributed by atoms with E-state index in [1.807, 2.05) is 38.1 Å². The van der Waals surface area contributed by atoms with Crippen LogP contribution >= 0.6 is 0 Å². The van der Waals surface area contributed by atoms with E-state index in [-0.39, 0.29) is 6.61 Å². The zero-order valence-corrected chi connectivity index (χ0v) is 18.1. The molecule has 3 N–H and O–H groups in total. The Balaban J connectivity index is 1.51. The fourth-order valence-electron chi connectivity index (χ4n) is 4.28. The molecule has 2 aromatic heterocycles. The van der Waals surface area contributed by atoms with Gasteiger partial charge in [-0.15, -0.1) is 0 Å². The maximum Gasteiger partial charge on any atom is 0.227 e. The van der Waals surface area contributed by atoms with Gasteiger partial charge in [0.05, 0.1) is 48.1 Å². The Kier molecular flexibility index (Phi) is 5.00. The van der Waals surface area contributed by atoms with Crippen molar-refractivity contribution in [2.24, 2.45) is 0 Å². The Morgan fingerprint density at radius 2 is 2.19 bits per heavy atom. The van der Waals surface area contributed by atoms with Gasteiger partial charge in [0.2, 0.25) is 5.95 Å². The number of aliphatic hydroxyl groups excluding tert-OH is 1. The summed E-state index contributed by atoms with van der Waals surface area (Å²) in [5.74, 6) is 0.450. The second-order valence-electron chi connectivity index (χ2n) is 8.55. The molecule has 4 heterocycles. The maximum absolute atomic E-state index is 9.94. The number of anilines is 3. The fourth-order valence-corrected chi connectivity index (χ4v) is 4.28. The van der Waals surface area contributed by atoms with Crippen LogP contribution in [0.2, 0.25) is 0 Å². The van der Waals surface area contributed by atoms with E-state index in [1.165, 1.54) is 0 Å². The van der Waals surface area contributed by atoms with Crippen LogP contribution in [0.1, 0.15) is 35.0 Å². The molecule has 32 heavy (non-hydrogen) atoms. The second kappa shape index (κ2) is 7.86. The van der Waals surface area contributed by atoms with Gasteiger partial charge >= 0.3 is 0 Å². The number of fused-ring (bicyclic) bond motifs is 2. The van der Waals surface area contributed by atoms with Crippen molar-refractivity contribution in [2.75, 3.05) is 30.4 Å². The maximum atomic E-state index is 9.94. The molecule has 0 fully saturated rings. The van der Waals surface area contributed by atoms with Crippen LogP contribution in [0, 0.1) is 18.3 Å². The van der Waals surface area contributed by atoms with Crippen LogP contribution in [0.15, 0.2) is 30.5 Å². The number of ether oxygens (including phenoxy) is 1. The SMILES string of the molecule is Cc1nc2c(cc1Nc1nccc(-c3cc(C#N)c4c(c3)[C@@](C)(CO)CN4)n1)COCC2. The van der Waals surface area contributed by atoms with E-state index in [0.717, 1.165) is 45.9 Å². The molecule has 0 radical (unpaired) electrons. The van der Waals surface area contributed by atoms with E-state index in [4.69, 9.17) is 14.7 Å². The first-order valence-corrected chi connectivity index (χ1v) is 10.6. The van der Waals surface area contributed by atoms with Crippen molar-refractivity contribution in [2.45, 2.75) is 32.3 Å². The molecule has 1 aromatic carbocycles. The normalized spacial score (nSPS) is 18.9. The highest BCUT2D eigenvalue weighted by Crippen LogP contribution is 2.41. The van der Waals surface area contributed by atoms with E-state index in [1.54, 1.807) is 6.20 Å². The molecule has 0 saturated heterocycles. The number of nitrogens with one attached hydrogen (secondary N) is 2. The molecule has 0 bridgehead atoms. The highest BCUT2D eigenvalue weighted by molar-refractivity contribution is 5.76. The summed E-state index contributed by atoms with van der Waals surface area (Å²) in [4.78, 5) is 13.8. The molecule has 8 nitrogen and oxygen atoms in total. The number of hydrogen-bond donors (Lipinski definition) is 3. The zero-order valence-electron chi connectivity index (χ0n) is 18.1. The number of pyridine rings is 1. The largest absolute Gasteiger partial charge is 0.395 e. The van der Waals surface area contributed by atoms with Crippen LogP contribution in [0.3, 0.4) is 0 Å². The number of rotatable bonds is 4. The van der Waals surface area contributed by atoms with Crippen molar-refractivity contribution < 1.29 is 9.84 Å². The van der Waals surface area contributed by atoms with E-state index in [2.05, 4.69) is 21.7 Å². The van der Waals surface area contributed by atoms with Crippen LogP contribution in [0.25, 0.3) is 11.3 Å². The number of nitriles is 1. The molecule has 0 unspecified atom stereocenters. The minimum absolute atomic E-state index is 0.00772. The van der Waals surface area contributed by atoms with Crippen LogP contribution in [-0.4, -0.2) is 39.8 Å². The predicted octanol–water partition coefficient (Wildman–Crippen LogP) is 3.21. The number of nitrogens with zero attached hydrogens (tertiary/aromatic N) is 4. The first-order valence-electron chi connectivity index (χ1n) is 10.6. The Hall–Kier alpha value is -3.54. The van der Waals surface area contributed by atoms with Crippen molar-refractivity contribution in [1.29, 1.82) is 5.26 Å². The Bertz CT molecular complexity index is 1250. The van der Waals surface area contributed by atoms with Crippen LogP contribution in [-0.2, 0) is 23.2 Å². The molecule has 2 aliphatic heterocycles. The summed E-state index contributed by atoms with van der Waals surface area (Å²) in [6.45, 7) is 5.79. The summed E-state index contributed by atoms with van der Waals surface area (Å²) in [5, 5.41) is 26.2. The van der Waals surface area contributed by atoms with Gasteiger partial charge in [0.25, 0.3) is 0 Å². The smallest absolute Gasteiger partial charge is 0.227 e. The molecule has 0 saturated carbocycles. The van der Waals surface area contributed by atoms with Gasteiger partial charge in [-0.2, -0.15) is 5.26 Å². The number of aliphatic hydroxyl groups is 1. The minimum Gasteiger partial charge on any atom is -0.395 e. The van der Waals surface area contributed by atoms with Crippen LogP contribution in [0.4, 0.5) is 17.3 Å². The van der Waals surface area contributed by atoms with Gasteiger partial charge < -0.3 is 20.5 Å². The molecule has 162 valence electrons. The summed E-state index contributed by atoms with van der Waals surface area (Å²) in [5.41, 5.74) is 7.20. The van der Waals surface area contributed by atoms with Gasteiger partial charge in [-0.1, -0.05) is 6.92 Å². The number of hydrogen-bond acceptors (Lipinski definition) is 8. The fraction of sp³-hybridized carbons (Fsp3) is 0.333. The standard InChI is InChI=1S/C24H24N6O2/c1-14-21(9-17-11-32-6-4-20(17)28-14)30-23-26-5-3-19(29-23)15-7-16(10-25)22-18(8-15)24(2,13-31)12-27-22/h3,5,7-9,27,31H,4,6,11-13H2,1-2H3,(H,26,29,30)/t24-/m1/s1. The van der Waals surface area contributed by atoms with E-state index in [0.29, 0.717) is 37.0 Å². The average Bonchev–Trinajstić information content (AvgIpc) is 3.16. The van der Waals surface area contributed by atoms with Gasteiger partial charge in [0.1, 0.15) is 6.07 Å². The van der Waals surface area contributed by atoms with Crippen molar-refractivity contribution in [3.05, 3.63) is 58.5 Å². The van der Waals surface area contributed by atoms with E-state index in [9.17, 15) is 10.4 Å². The minimum atomic E-state index is -0.445. The third kappa shape index (κ3) is 3.45. The molecule has 2 aliphatic rings. The topological polar surface area (TPSA) is 116 Å². The number of benzene rings is 1. The number of aromatic nitrogens is 3. The molecule has 0 amide bonds. The molecule has 0 aliphatic carbocycles. The van der Waals surface area contributed by atoms with Gasteiger partial charge in [0, 0.05) is 41.4 Å². The molecule has 0 spiro atoms. The highest BCUT2D eigenvalue weighted by atomic mass is 16.5. The van der Waals surface area contributed by atoms with Gasteiger partial charge in [0.15, 0.2) is 0 Å². The summed E-state index contributed by atoms with van der Waals surface area (Å²) in [7, 11) is 0. The van der Waals surface area contributed by atoms with Gasteiger partial charge in [-0.25, -0.2) is 9.97 Å². The quantitative estimate of drug-likeness (QED) is 0.580. The predicted molar refractivity (Wildman–Crippen MR) is 121 cm³/mol. The van der Waals surface area contributed by atoms with Crippen LogP contribution < -0.4 is 10.6 Å². The number of aryl methyl sites for hydroxylation is 1. The van der Waals surface area contributed by atoms with Crippen molar-refractivity contribution in [3.63, 3.8) is 0 Å². The lowest BCUT2D eigenvalue weighted by Gasteiger charge is -2.21. The third-order valence-electron chi connectivity index (χ3n) is 6.23. The summed E-state index contributed by atoms with van der Waals surface area (Å²) in [6, 6.07) is 9.96. The van der Waals surface area contributed by atoms with Gasteiger partial charge in [-0.3, -0.25) is 4.98 Å². The van der Waals surface area contributed by atoms with E-state index < -0.39 is 5.41 Å². The molecule has 1 atom stereocenters. The Morgan fingerprint density at radius 1 is 1.31 bits per heavy atom. The van der Waals surface area contributed by atoms with Crippen molar-refractivity contribution >= 4 is 17.3 Å². The highest BCUT2D eigenvalue weighted by Gasteiger charge is 2.36. The lowest BCUT2D eigenvalue weighted by molar-refractivity contribution is 0.109. The average molecular weight is 428 g/mol. The lowest BCUT2D eigenvalue weighted by Crippen LogP contribution is -2.28. The van der Waals surface area contributed by atoms with Crippen molar-refractivity contribution in [1.82, 2.24) is 15.0 Å². The summed E-state index contributed by atoms with van der Waals surface area (Å²) in [6.07, 6.45) is 2.52. The summed E-state index contributed by atoms with van der Waals surface area (Å²) < 4.78 is 5.55. The molecule has 5 rings (SSSR count). The molecular weight excluding hydrogens is 404 g/mol. The van der Waals surface area contributed by atoms with Crippen LogP contribution in [0.5, 0.6) is 0 Å². The van der Waals surface area contributed by atoms with Crippen molar-refractivity contribution in [3.8, 4) is 17.3 Å². The van der Waals surface area contributed by atoms with E-state index >= 15 is 0 Å². The second-order valence-corrected chi connectivity index (χ2v) is 8.55. The Morgan fingerprint density at radius 3 is 3.00 bits per heavy atom. The molecular formula is C24H24N6O2. The third-order valence-corrected chi connectivity index (χ3v) is 6.23. The summed E-state index contributed by atoms with van der Waals surface area (Å²) >= 11 is 0. The monoisotopic (exact) mass is 428 g/mol.